The molecule has 0 amide bonds. The molecule has 1 aromatic rings. The van der Waals surface area contributed by atoms with Crippen molar-refractivity contribution < 1.29 is 14.6 Å². The van der Waals surface area contributed by atoms with Crippen LogP contribution in [0.2, 0.25) is 0 Å². The van der Waals surface area contributed by atoms with Crippen molar-refractivity contribution in [2.24, 2.45) is 56.7 Å². The van der Waals surface area contributed by atoms with Gasteiger partial charge in [-0.2, -0.15) is 0 Å². The van der Waals surface area contributed by atoms with Crippen LogP contribution in [0.25, 0.3) is 6.08 Å². The fourth-order valence-electron chi connectivity index (χ4n) is 12.5. The molecule has 6 rings (SSSR count). The van der Waals surface area contributed by atoms with Gasteiger partial charge in [0.25, 0.3) is 0 Å². The predicted octanol–water partition coefficient (Wildman–Crippen LogP) is 9.26. The molecule has 0 heterocycles. The molecule has 42 heavy (non-hydrogen) atoms. The number of ether oxygens (including phenoxy) is 1. The largest absolute Gasteiger partial charge is 0.462 e. The van der Waals surface area contributed by atoms with Crippen LogP contribution >= 0.6 is 0 Å². The van der Waals surface area contributed by atoms with Crippen molar-refractivity contribution in [2.45, 2.75) is 112 Å². The Morgan fingerprint density at radius 2 is 1.64 bits per heavy atom. The zero-order chi connectivity index (χ0) is 30.1. The first-order valence-electron chi connectivity index (χ1n) is 17.0. The third kappa shape index (κ3) is 4.33. The quantitative estimate of drug-likeness (QED) is 0.217. The van der Waals surface area contributed by atoms with Gasteiger partial charge in [-0.1, -0.05) is 77.1 Å². The molecular formula is C39H56O3. The van der Waals surface area contributed by atoms with Crippen molar-refractivity contribution in [1.29, 1.82) is 0 Å². The molecule has 0 spiro atoms. The molecule has 5 fully saturated rings. The molecule has 5 saturated carbocycles. The number of carbonyl (C=O) groups excluding carboxylic acids is 1. The molecule has 0 aromatic heterocycles. The van der Waals surface area contributed by atoms with Crippen LogP contribution in [0.4, 0.5) is 0 Å². The first kappa shape index (κ1) is 30.2. The number of aliphatic hydroxyl groups excluding tert-OH is 1. The number of carbonyl (C=O) groups is 1. The Kier molecular flexibility index (Phi) is 7.44. The maximum absolute atomic E-state index is 12.9. The molecule has 5 aliphatic rings. The summed E-state index contributed by atoms with van der Waals surface area (Å²) in [4.78, 5) is 12.9. The number of fused-ring (bicyclic) bond motifs is 7. The number of esters is 1. The van der Waals surface area contributed by atoms with E-state index in [9.17, 15) is 9.90 Å². The molecule has 230 valence electrons. The van der Waals surface area contributed by atoms with Gasteiger partial charge in [-0.15, -0.1) is 0 Å². The van der Waals surface area contributed by atoms with E-state index in [-0.39, 0.29) is 28.3 Å². The van der Waals surface area contributed by atoms with Gasteiger partial charge in [0.05, 0.1) is 12.7 Å². The van der Waals surface area contributed by atoms with Crippen LogP contribution in [-0.4, -0.2) is 23.8 Å². The summed E-state index contributed by atoms with van der Waals surface area (Å²) in [5.74, 6) is 2.76. The van der Waals surface area contributed by atoms with Crippen molar-refractivity contribution in [3.63, 3.8) is 0 Å². The molecule has 0 aliphatic heterocycles. The maximum Gasteiger partial charge on any atom is 0.330 e. The van der Waals surface area contributed by atoms with E-state index in [1.165, 1.54) is 44.1 Å². The molecule has 0 saturated heterocycles. The minimum absolute atomic E-state index is 0.0108. The van der Waals surface area contributed by atoms with Crippen LogP contribution in [0, 0.1) is 56.7 Å². The van der Waals surface area contributed by atoms with Crippen LogP contribution < -0.4 is 0 Å². The summed E-state index contributed by atoms with van der Waals surface area (Å²) < 4.78 is 6.12. The van der Waals surface area contributed by atoms with Gasteiger partial charge in [-0.05, 0) is 134 Å². The van der Waals surface area contributed by atoms with Crippen molar-refractivity contribution in [1.82, 2.24) is 0 Å². The second-order valence-electron chi connectivity index (χ2n) is 16.8. The summed E-state index contributed by atoms with van der Waals surface area (Å²) in [6.45, 7) is 20.0. The molecular weight excluding hydrogens is 516 g/mol. The Labute approximate surface area is 255 Å². The van der Waals surface area contributed by atoms with Crippen molar-refractivity contribution in [3.05, 3.63) is 54.1 Å². The van der Waals surface area contributed by atoms with Gasteiger partial charge < -0.3 is 9.84 Å². The first-order chi connectivity index (χ1) is 19.8. The molecule has 5 aliphatic carbocycles. The average Bonchev–Trinajstić information content (AvgIpc) is 3.34. The van der Waals surface area contributed by atoms with Crippen LogP contribution in [0.15, 0.2) is 48.6 Å². The van der Waals surface area contributed by atoms with E-state index >= 15 is 0 Å². The Balaban J connectivity index is 1.27. The zero-order valence-electron chi connectivity index (χ0n) is 27.3. The lowest BCUT2D eigenvalue weighted by Gasteiger charge is -2.73. The monoisotopic (exact) mass is 572 g/mol. The minimum atomic E-state index is -0.219. The zero-order valence-corrected chi connectivity index (χ0v) is 27.3. The Morgan fingerprint density at radius 3 is 2.36 bits per heavy atom. The molecule has 3 heteroatoms. The van der Waals surface area contributed by atoms with E-state index in [2.05, 4.69) is 48.1 Å². The van der Waals surface area contributed by atoms with E-state index in [0.717, 1.165) is 31.2 Å². The molecule has 3 nitrogen and oxygen atoms in total. The van der Waals surface area contributed by atoms with Gasteiger partial charge in [-0.3, -0.25) is 0 Å². The van der Waals surface area contributed by atoms with Gasteiger partial charge in [0.1, 0.15) is 0 Å². The summed E-state index contributed by atoms with van der Waals surface area (Å²) in [5, 5.41) is 11.0. The molecule has 1 N–H and O–H groups in total. The van der Waals surface area contributed by atoms with Crippen molar-refractivity contribution in [2.75, 3.05) is 6.61 Å². The second-order valence-corrected chi connectivity index (χ2v) is 16.8. The number of benzene rings is 1. The highest BCUT2D eigenvalue weighted by Gasteiger charge is 2.70. The van der Waals surface area contributed by atoms with Crippen LogP contribution in [-0.2, 0) is 9.53 Å². The SMILES string of the molecule is C=C(C)[C@@H]1CC[C@]2(COC(=O)/C=C/c3ccccc3)CC[C@]3(C)[C@H](CC[C@@H]4[C@@]5(C)CC[C@H](O)C(C)(C)[C@H]5CC[C@]43C)[C@H]12. The lowest BCUT2D eigenvalue weighted by atomic mass is 9.32. The minimum Gasteiger partial charge on any atom is -0.462 e. The molecule has 0 unspecified atom stereocenters. The summed E-state index contributed by atoms with van der Waals surface area (Å²) >= 11 is 0. The smallest absolute Gasteiger partial charge is 0.330 e. The summed E-state index contributed by atoms with van der Waals surface area (Å²) in [6.07, 6.45) is 15.2. The molecule has 0 radical (unpaired) electrons. The highest BCUT2D eigenvalue weighted by Crippen LogP contribution is 2.77. The third-order valence-corrected chi connectivity index (χ3v) is 14.9. The standard InChI is InChI=1S/C39H56O3/c1-26(2)28-17-22-39(25-42-33(41)16-13-27-11-9-8-10-12-27)24-23-37(6)29(34(28)39)14-15-31-36(5)20-19-32(40)35(3,4)30(36)18-21-38(31,37)7/h8-13,16,28-32,34,40H,1,14-15,17-25H2,2-7H3/b16-13+/t28-,29+,30+,31+,32-,34-,36-,37+,38+,39+/m0/s1. The fraction of sp³-hybridized carbons (Fsp3) is 0.718. The fourth-order valence-corrected chi connectivity index (χ4v) is 12.5. The van der Waals surface area contributed by atoms with E-state index < -0.39 is 0 Å². The van der Waals surface area contributed by atoms with E-state index in [1.807, 2.05) is 36.4 Å². The lowest BCUT2D eigenvalue weighted by molar-refractivity contribution is -0.249. The number of hydrogen-bond donors (Lipinski definition) is 1. The molecule has 1 aromatic carbocycles. The predicted molar refractivity (Wildman–Crippen MR) is 171 cm³/mol. The summed E-state index contributed by atoms with van der Waals surface area (Å²) in [7, 11) is 0. The Hall–Kier alpha value is -1.87. The highest BCUT2D eigenvalue weighted by atomic mass is 16.5. The lowest BCUT2D eigenvalue weighted by Crippen LogP contribution is -2.66. The number of rotatable bonds is 5. The molecule has 0 bridgehead atoms. The number of aliphatic hydroxyl groups is 1. The van der Waals surface area contributed by atoms with Gasteiger partial charge in [-0.25, -0.2) is 4.79 Å². The number of hydrogen-bond acceptors (Lipinski definition) is 3. The third-order valence-electron chi connectivity index (χ3n) is 14.9. The van der Waals surface area contributed by atoms with Gasteiger partial charge in [0, 0.05) is 11.5 Å². The van der Waals surface area contributed by atoms with Gasteiger partial charge >= 0.3 is 5.97 Å². The summed E-state index contributed by atoms with van der Waals surface area (Å²) in [5.41, 5.74) is 3.26. The van der Waals surface area contributed by atoms with Crippen molar-refractivity contribution >= 4 is 12.0 Å². The Morgan fingerprint density at radius 1 is 0.905 bits per heavy atom. The van der Waals surface area contributed by atoms with E-state index in [0.29, 0.717) is 47.0 Å². The number of allylic oxidation sites excluding steroid dienone is 1. The van der Waals surface area contributed by atoms with E-state index in [4.69, 9.17) is 4.74 Å². The van der Waals surface area contributed by atoms with Gasteiger partial charge in [0.2, 0.25) is 0 Å². The Bertz CT molecular complexity index is 1230. The molecule has 10 atom stereocenters. The second kappa shape index (κ2) is 10.4. The van der Waals surface area contributed by atoms with Crippen LogP contribution in [0.1, 0.15) is 111 Å². The van der Waals surface area contributed by atoms with Crippen LogP contribution in [0.5, 0.6) is 0 Å². The van der Waals surface area contributed by atoms with E-state index in [1.54, 1.807) is 6.08 Å². The highest BCUT2D eigenvalue weighted by molar-refractivity contribution is 5.87. The van der Waals surface area contributed by atoms with Crippen LogP contribution in [0.3, 0.4) is 0 Å². The van der Waals surface area contributed by atoms with Crippen molar-refractivity contribution in [3.8, 4) is 0 Å². The average molecular weight is 573 g/mol. The first-order valence-corrected chi connectivity index (χ1v) is 17.0. The summed E-state index contributed by atoms with van der Waals surface area (Å²) in [6, 6.07) is 9.99. The van der Waals surface area contributed by atoms with Gasteiger partial charge in [0.15, 0.2) is 0 Å². The topological polar surface area (TPSA) is 46.5 Å². The normalized spacial score (nSPS) is 45.8. The maximum atomic E-state index is 12.9.